The van der Waals surface area contributed by atoms with Gasteiger partial charge in [-0.1, -0.05) is 12.1 Å². The standard InChI is InChI=1S/C15H17N3O3/c19-14-13(17-15(20)18-14)9-10-1-3-11(4-2-10)21-12-5-7-16-8-6-12/h1-4,9,12,16H,5-8H2,(H2,17,18,19,20). The van der Waals surface area contributed by atoms with Crippen molar-refractivity contribution in [3.63, 3.8) is 0 Å². The minimum Gasteiger partial charge on any atom is -0.490 e. The van der Waals surface area contributed by atoms with Crippen LogP contribution in [0, 0.1) is 0 Å². The first-order valence-corrected chi connectivity index (χ1v) is 7.02. The van der Waals surface area contributed by atoms with E-state index >= 15 is 0 Å². The third-order valence-corrected chi connectivity index (χ3v) is 3.50. The average Bonchev–Trinajstić information content (AvgIpc) is 2.80. The zero-order valence-electron chi connectivity index (χ0n) is 11.5. The zero-order chi connectivity index (χ0) is 14.7. The van der Waals surface area contributed by atoms with Gasteiger partial charge in [-0.2, -0.15) is 0 Å². The van der Waals surface area contributed by atoms with Gasteiger partial charge in [-0.25, -0.2) is 4.79 Å². The molecule has 3 amide bonds. The minimum absolute atomic E-state index is 0.257. The number of nitrogens with one attached hydrogen (secondary N) is 3. The van der Waals surface area contributed by atoms with Crippen LogP contribution < -0.4 is 20.7 Å². The molecule has 2 aliphatic rings. The van der Waals surface area contributed by atoms with E-state index in [1.165, 1.54) is 0 Å². The lowest BCUT2D eigenvalue weighted by Crippen LogP contribution is -2.34. The van der Waals surface area contributed by atoms with Gasteiger partial charge in [0.2, 0.25) is 0 Å². The Morgan fingerprint density at radius 3 is 2.38 bits per heavy atom. The minimum atomic E-state index is -0.489. The van der Waals surface area contributed by atoms with Crippen molar-refractivity contribution in [2.24, 2.45) is 0 Å². The molecule has 0 atom stereocenters. The molecule has 0 spiro atoms. The van der Waals surface area contributed by atoms with Crippen LogP contribution in [-0.4, -0.2) is 31.1 Å². The molecule has 6 nitrogen and oxygen atoms in total. The maximum Gasteiger partial charge on any atom is 0.326 e. The van der Waals surface area contributed by atoms with Crippen LogP contribution in [0.1, 0.15) is 18.4 Å². The lowest BCUT2D eigenvalue weighted by molar-refractivity contribution is -0.115. The first kappa shape index (κ1) is 13.6. The summed E-state index contributed by atoms with van der Waals surface area (Å²) in [4.78, 5) is 22.4. The number of urea groups is 1. The summed E-state index contributed by atoms with van der Waals surface area (Å²) in [6.45, 7) is 1.98. The van der Waals surface area contributed by atoms with E-state index in [0.717, 1.165) is 37.2 Å². The molecule has 2 saturated heterocycles. The highest BCUT2D eigenvalue weighted by atomic mass is 16.5. The molecule has 0 aromatic heterocycles. The number of hydrogen-bond acceptors (Lipinski definition) is 4. The number of hydrogen-bond donors (Lipinski definition) is 3. The Hall–Kier alpha value is -2.34. The quantitative estimate of drug-likeness (QED) is 0.572. The molecule has 0 unspecified atom stereocenters. The summed E-state index contributed by atoms with van der Waals surface area (Å²) < 4.78 is 5.91. The Bertz CT molecular complexity index is 574. The topological polar surface area (TPSA) is 79.5 Å². The van der Waals surface area contributed by atoms with Crippen LogP contribution in [0.5, 0.6) is 5.75 Å². The molecule has 1 aromatic carbocycles. The molecule has 6 heteroatoms. The Morgan fingerprint density at radius 1 is 1.05 bits per heavy atom. The van der Waals surface area contributed by atoms with E-state index in [-0.39, 0.29) is 11.8 Å². The molecule has 3 N–H and O–H groups in total. The van der Waals surface area contributed by atoms with Crippen molar-refractivity contribution in [2.45, 2.75) is 18.9 Å². The van der Waals surface area contributed by atoms with Crippen molar-refractivity contribution in [3.8, 4) is 5.75 Å². The predicted molar refractivity (Wildman–Crippen MR) is 77.6 cm³/mol. The molecule has 1 aromatic rings. The van der Waals surface area contributed by atoms with E-state index in [9.17, 15) is 9.59 Å². The number of carbonyl (C=O) groups is 2. The van der Waals surface area contributed by atoms with Gasteiger partial charge in [0.1, 0.15) is 17.6 Å². The van der Waals surface area contributed by atoms with E-state index < -0.39 is 11.9 Å². The number of piperidine rings is 1. The third kappa shape index (κ3) is 3.41. The second kappa shape index (κ2) is 5.97. The van der Waals surface area contributed by atoms with E-state index in [0.29, 0.717) is 0 Å². The fraction of sp³-hybridized carbons (Fsp3) is 0.333. The summed E-state index contributed by atoms with van der Waals surface area (Å²) in [5.74, 6) is 0.416. The van der Waals surface area contributed by atoms with Gasteiger partial charge >= 0.3 is 6.03 Å². The highest BCUT2D eigenvalue weighted by Gasteiger charge is 2.22. The number of rotatable bonds is 3. The van der Waals surface area contributed by atoms with E-state index in [1.54, 1.807) is 6.08 Å². The van der Waals surface area contributed by atoms with Crippen molar-refractivity contribution in [1.82, 2.24) is 16.0 Å². The van der Waals surface area contributed by atoms with Crippen LogP contribution in [0.2, 0.25) is 0 Å². The summed E-state index contributed by atoms with van der Waals surface area (Å²) >= 11 is 0. The van der Waals surface area contributed by atoms with E-state index in [2.05, 4.69) is 16.0 Å². The van der Waals surface area contributed by atoms with Crippen LogP contribution in [0.3, 0.4) is 0 Å². The van der Waals surface area contributed by atoms with Gasteiger partial charge in [-0.05, 0) is 49.7 Å². The van der Waals surface area contributed by atoms with Crippen LogP contribution in [-0.2, 0) is 4.79 Å². The van der Waals surface area contributed by atoms with Gasteiger partial charge in [0, 0.05) is 0 Å². The van der Waals surface area contributed by atoms with Crippen molar-refractivity contribution < 1.29 is 14.3 Å². The van der Waals surface area contributed by atoms with E-state index in [1.807, 2.05) is 24.3 Å². The molecule has 2 heterocycles. The smallest absolute Gasteiger partial charge is 0.326 e. The van der Waals surface area contributed by atoms with Crippen molar-refractivity contribution in [1.29, 1.82) is 0 Å². The molecule has 0 saturated carbocycles. The molecular formula is C15H17N3O3. The highest BCUT2D eigenvalue weighted by Crippen LogP contribution is 2.18. The largest absolute Gasteiger partial charge is 0.490 e. The molecule has 3 rings (SSSR count). The summed E-state index contributed by atoms with van der Waals surface area (Å²) in [6.07, 6.45) is 3.92. The van der Waals surface area contributed by atoms with Crippen LogP contribution in [0.4, 0.5) is 4.79 Å². The fourth-order valence-electron chi connectivity index (χ4n) is 2.40. The van der Waals surface area contributed by atoms with Gasteiger partial charge in [0.05, 0.1) is 0 Å². The van der Waals surface area contributed by atoms with Crippen molar-refractivity contribution in [3.05, 3.63) is 35.5 Å². The maximum absolute atomic E-state index is 11.4. The second-order valence-corrected chi connectivity index (χ2v) is 5.10. The molecule has 2 aliphatic heterocycles. The molecule has 0 bridgehead atoms. The highest BCUT2D eigenvalue weighted by molar-refractivity contribution is 6.13. The number of ether oxygens (including phenoxy) is 1. The Morgan fingerprint density at radius 2 is 1.76 bits per heavy atom. The molecule has 0 aliphatic carbocycles. The zero-order valence-corrected chi connectivity index (χ0v) is 11.5. The SMILES string of the molecule is O=C1NC(=O)C(=Cc2ccc(OC3CCNCC3)cc2)N1. The Labute approximate surface area is 122 Å². The van der Waals surface area contributed by atoms with Crippen molar-refractivity contribution >= 4 is 18.0 Å². The summed E-state index contributed by atoms with van der Waals surface area (Å²) in [5.41, 5.74) is 1.09. The second-order valence-electron chi connectivity index (χ2n) is 5.10. The molecule has 0 radical (unpaired) electrons. The van der Waals surface area contributed by atoms with Gasteiger partial charge in [0.25, 0.3) is 5.91 Å². The van der Waals surface area contributed by atoms with Crippen LogP contribution in [0.15, 0.2) is 30.0 Å². The van der Waals surface area contributed by atoms with Gasteiger partial charge < -0.3 is 15.4 Å². The average molecular weight is 287 g/mol. The van der Waals surface area contributed by atoms with Crippen molar-refractivity contribution in [2.75, 3.05) is 13.1 Å². The van der Waals surface area contributed by atoms with Crippen LogP contribution >= 0.6 is 0 Å². The number of amides is 3. The number of imide groups is 1. The lowest BCUT2D eigenvalue weighted by Gasteiger charge is -2.23. The number of carbonyl (C=O) groups excluding carboxylic acids is 2. The fourth-order valence-corrected chi connectivity index (χ4v) is 2.40. The number of benzene rings is 1. The van der Waals surface area contributed by atoms with E-state index in [4.69, 9.17) is 4.74 Å². The predicted octanol–water partition coefficient (Wildman–Crippen LogP) is 0.998. The molecule has 2 fully saturated rings. The first-order chi connectivity index (χ1) is 10.2. The summed E-state index contributed by atoms with van der Waals surface area (Å²) in [5, 5.41) is 7.92. The maximum atomic E-state index is 11.4. The molecular weight excluding hydrogens is 270 g/mol. The third-order valence-electron chi connectivity index (χ3n) is 3.50. The Balaban J connectivity index is 1.65. The van der Waals surface area contributed by atoms with Gasteiger partial charge in [0.15, 0.2) is 0 Å². The van der Waals surface area contributed by atoms with Crippen LogP contribution in [0.25, 0.3) is 6.08 Å². The molecule has 21 heavy (non-hydrogen) atoms. The summed E-state index contributed by atoms with van der Waals surface area (Å²) in [7, 11) is 0. The Kier molecular flexibility index (Phi) is 3.87. The van der Waals surface area contributed by atoms with Gasteiger partial charge in [-0.3, -0.25) is 10.1 Å². The lowest BCUT2D eigenvalue weighted by atomic mass is 10.1. The first-order valence-electron chi connectivity index (χ1n) is 7.02. The molecule has 110 valence electrons. The summed E-state index contributed by atoms with van der Waals surface area (Å²) in [6, 6.07) is 6.99. The monoisotopic (exact) mass is 287 g/mol. The van der Waals surface area contributed by atoms with Gasteiger partial charge in [-0.15, -0.1) is 0 Å². The normalized spacial score (nSPS) is 21.2.